The maximum Gasteiger partial charge on any atom is 0.276 e. The topological polar surface area (TPSA) is 63.8 Å². The van der Waals surface area contributed by atoms with Gasteiger partial charge in [-0.2, -0.15) is 0 Å². The number of nitrogens with one attached hydrogen (secondary N) is 1. The highest BCUT2D eigenvalue weighted by Crippen LogP contribution is 2.26. The Balaban J connectivity index is 2.02. The fourth-order valence-corrected chi connectivity index (χ4v) is 2.06. The monoisotopic (exact) mass is 204 g/mol. The molecule has 15 heavy (non-hydrogen) atoms. The van der Waals surface area contributed by atoms with Gasteiger partial charge < -0.3 is 9.84 Å². The number of hydrogen-bond donors (Lipinski definition) is 1. The van der Waals surface area contributed by atoms with Crippen LogP contribution >= 0.6 is 0 Å². The predicted molar refractivity (Wildman–Crippen MR) is 54.4 cm³/mol. The highest BCUT2D eigenvalue weighted by Gasteiger charge is 2.22. The number of nitrogens with zero attached hydrogens (tertiary/aromatic N) is 3. The predicted octanol–water partition coefficient (Wildman–Crippen LogP) is 1.08. The van der Waals surface area contributed by atoms with Crippen molar-refractivity contribution < 1.29 is 4.52 Å². The van der Waals surface area contributed by atoms with Crippen LogP contribution in [0.1, 0.15) is 24.5 Å². The molecule has 1 aliphatic heterocycles. The third-order valence-electron chi connectivity index (χ3n) is 2.82. The third-order valence-corrected chi connectivity index (χ3v) is 2.82. The molecule has 5 heteroatoms. The van der Waals surface area contributed by atoms with Crippen molar-refractivity contribution in [2.24, 2.45) is 0 Å². The standard InChI is InChI=1S/C10H12N4O/c1-2-7(6-11-3-1)8-9-10(15-14-8)13-5-4-12-9/h4-5,7,11H,1-3,6H2. The van der Waals surface area contributed by atoms with Crippen LogP contribution in [0.5, 0.6) is 0 Å². The van der Waals surface area contributed by atoms with E-state index in [1.807, 2.05) is 0 Å². The molecule has 1 unspecified atom stereocenters. The van der Waals surface area contributed by atoms with Gasteiger partial charge in [-0.15, -0.1) is 0 Å². The Morgan fingerprint density at radius 1 is 1.33 bits per heavy atom. The first kappa shape index (κ1) is 8.79. The van der Waals surface area contributed by atoms with Crippen LogP contribution in [0.4, 0.5) is 0 Å². The van der Waals surface area contributed by atoms with Crippen LogP contribution in [-0.2, 0) is 0 Å². The summed E-state index contributed by atoms with van der Waals surface area (Å²) in [5.41, 5.74) is 2.30. The number of hydrogen-bond acceptors (Lipinski definition) is 5. The van der Waals surface area contributed by atoms with Gasteiger partial charge in [0, 0.05) is 24.9 Å². The molecule has 78 valence electrons. The molecule has 0 amide bonds. The summed E-state index contributed by atoms with van der Waals surface area (Å²) >= 11 is 0. The van der Waals surface area contributed by atoms with E-state index in [-0.39, 0.29) is 0 Å². The fourth-order valence-electron chi connectivity index (χ4n) is 2.06. The molecule has 1 aliphatic rings. The minimum atomic E-state index is 0.414. The van der Waals surface area contributed by atoms with Crippen LogP contribution in [-0.4, -0.2) is 28.2 Å². The Kier molecular flexibility index (Phi) is 2.10. The summed E-state index contributed by atoms with van der Waals surface area (Å²) in [5.74, 6) is 0.414. The lowest BCUT2D eigenvalue weighted by molar-refractivity contribution is 0.402. The first-order chi connectivity index (χ1) is 7.45. The molecular weight excluding hydrogens is 192 g/mol. The van der Waals surface area contributed by atoms with Crippen LogP contribution in [0.2, 0.25) is 0 Å². The van der Waals surface area contributed by atoms with Gasteiger partial charge in [-0.3, -0.25) is 0 Å². The molecule has 3 heterocycles. The largest absolute Gasteiger partial charge is 0.334 e. The number of rotatable bonds is 1. The van der Waals surface area contributed by atoms with Crippen molar-refractivity contribution in [3.63, 3.8) is 0 Å². The molecule has 1 N–H and O–H groups in total. The molecule has 0 aliphatic carbocycles. The SMILES string of the molecule is c1cnc2c(C3CCCNC3)noc2n1. The van der Waals surface area contributed by atoms with E-state index in [2.05, 4.69) is 20.4 Å². The molecule has 0 aromatic carbocycles. The second kappa shape index (κ2) is 3.58. The minimum Gasteiger partial charge on any atom is -0.334 e. The maximum atomic E-state index is 5.15. The molecule has 1 atom stereocenters. The summed E-state index contributed by atoms with van der Waals surface area (Å²) in [4.78, 5) is 8.35. The van der Waals surface area contributed by atoms with Crippen molar-refractivity contribution in [1.82, 2.24) is 20.4 Å². The van der Waals surface area contributed by atoms with E-state index >= 15 is 0 Å². The zero-order chi connectivity index (χ0) is 10.1. The van der Waals surface area contributed by atoms with Gasteiger partial charge in [0.1, 0.15) is 5.69 Å². The minimum absolute atomic E-state index is 0.414. The molecule has 5 nitrogen and oxygen atoms in total. The van der Waals surface area contributed by atoms with Crippen LogP contribution in [0, 0.1) is 0 Å². The Morgan fingerprint density at radius 3 is 3.13 bits per heavy atom. The Hall–Kier alpha value is -1.49. The lowest BCUT2D eigenvalue weighted by Gasteiger charge is -2.20. The summed E-state index contributed by atoms with van der Waals surface area (Å²) in [6, 6.07) is 0. The number of fused-ring (bicyclic) bond motifs is 1. The van der Waals surface area contributed by atoms with Crippen LogP contribution in [0.25, 0.3) is 11.2 Å². The van der Waals surface area contributed by atoms with Gasteiger partial charge in [0.2, 0.25) is 0 Å². The summed E-state index contributed by atoms with van der Waals surface area (Å²) in [6.07, 6.45) is 5.63. The molecule has 2 aromatic rings. The maximum absolute atomic E-state index is 5.15. The molecule has 3 rings (SSSR count). The van der Waals surface area contributed by atoms with Crippen molar-refractivity contribution >= 4 is 11.2 Å². The first-order valence-corrected chi connectivity index (χ1v) is 5.22. The lowest BCUT2D eigenvalue weighted by atomic mass is 9.96. The van der Waals surface area contributed by atoms with Crippen LogP contribution in [0.15, 0.2) is 16.9 Å². The molecular formula is C10H12N4O. The van der Waals surface area contributed by atoms with Crippen molar-refractivity contribution in [3.05, 3.63) is 18.1 Å². The molecule has 0 radical (unpaired) electrons. The molecule has 0 spiro atoms. The van der Waals surface area contributed by atoms with Crippen molar-refractivity contribution in [2.45, 2.75) is 18.8 Å². The van der Waals surface area contributed by atoms with E-state index < -0.39 is 0 Å². The summed E-state index contributed by atoms with van der Waals surface area (Å²) < 4.78 is 5.15. The zero-order valence-electron chi connectivity index (χ0n) is 8.31. The highest BCUT2D eigenvalue weighted by molar-refractivity contribution is 5.70. The van der Waals surface area contributed by atoms with Crippen molar-refractivity contribution in [3.8, 4) is 0 Å². The lowest BCUT2D eigenvalue weighted by Crippen LogP contribution is -2.28. The smallest absolute Gasteiger partial charge is 0.276 e. The van der Waals surface area contributed by atoms with E-state index in [9.17, 15) is 0 Å². The zero-order valence-corrected chi connectivity index (χ0v) is 8.31. The van der Waals surface area contributed by atoms with E-state index in [0.717, 1.165) is 30.7 Å². The molecule has 0 saturated carbocycles. The number of aromatic nitrogens is 3. The Bertz CT molecular complexity index is 461. The Labute approximate surface area is 86.9 Å². The first-order valence-electron chi connectivity index (χ1n) is 5.22. The van der Waals surface area contributed by atoms with Gasteiger partial charge in [0.25, 0.3) is 5.71 Å². The summed E-state index contributed by atoms with van der Waals surface area (Å²) in [7, 11) is 0. The summed E-state index contributed by atoms with van der Waals surface area (Å²) in [5, 5.41) is 7.44. The average Bonchev–Trinajstić information content (AvgIpc) is 2.74. The normalized spacial score (nSPS) is 22.0. The highest BCUT2D eigenvalue weighted by atomic mass is 16.5. The van der Waals surface area contributed by atoms with E-state index in [0.29, 0.717) is 11.6 Å². The van der Waals surface area contributed by atoms with E-state index in [1.54, 1.807) is 12.4 Å². The van der Waals surface area contributed by atoms with Gasteiger partial charge >= 0.3 is 0 Å². The number of piperidine rings is 1. The van der Waals surface area contributed by atoms with E-state index in [4.69, 9.17) is 4.52 Å². The van der Waals surface area contributed by atoms with Crippen LogP contribution < -0.4 is 5.32 Å². The van der Waals surface area contributed by atoms with Gasteiger partial charge in [0.05, 0.1) is 0 Å². The molecule has 1 saturated heterocycles. The fraction of sp³-hybridized carbons (Fsp3) is 0.500. The van der Waals surface area contributed by atoms with Gasteiger partial charge in [-0.05, 0) is 19.4 Å². The second-order valence-corrected chi connectivity index (χ2v) is 3.82. The second-order valence-electron chi connectivity index (χ2n) is 3.82. The molecule has 0 bridgehead atoms. The Morgan fingerprint density at radius 2 is 2.27 bits per heavy atom. The van der Waals surface area contributed by atoms with Gasteiger partial charge in [-0.25, -0.2) is 9.97 Å². The van der Waals surface area contributed by atoms with E-state index in [1.165, 1.54) is 6.42 Å². The van der Waals surface area contributed by atoms with Crippen molar-refractivity contribution in [2.75, 3.05) is 13.1 Å². The van der Waals surface area contributed by atoms with Gasteiger partial charge in [-0.1, -0.05) is 5.16 Å². The third kappa shape index (κ3) is 1.48. The molecule has 2 aromatic heterocycles. The quantitative estimate of drug-likeness (QED) is 0.753. The van der Waals surface area contributed by atoms with Crippen LogP contribution in [0.3, 0.4) is 0 Å². The molecule has 1 fully saturated rings. The van der Waals surface area contributed by atoms with Crippen molar-refractivity contribution in [1.29, 1.82) is 0 Å². The summed E-state index contributed by atoms with van der Waals surface area (Å²) in [6.45, 7) is 2.05. The average molecular weight is 204 g/mol. The van der Waals surface area contributed by atoms with Gasteiger partial charge in [0.15, 0.2) is 5.52 Å².